The highest BCUT2D eigenvalue weighted by atomic mass is 19.3. The molecule has 0 radical (unpaired) electrons. The Hall–Kier alpha value is -4.14. The van der Waals surface area contributed by atoms with Gasteiger partial charge in [0.05, 0.1) is 35.4 Å². The number of fused-ring (bicyclic) bond motifs is 1. The number of hydrogen-bond acceptors (Lipinski definition) is 3. The fourth-order valence-corrected chi connectivity index (χ4v) is 4.68. The van der Waals surface area contributed by atoms with Gasteiger partial charge in [0.2, 0.25) is 5.91 Å². The van der Waals surface area contributed by atoms with Crippen LogP contribution in [0, 0.1) is 11.7 Å². The van der Waals surface area contributed by atoms with Crippen LogP contribution in [0.3, 0.4) is 0 Å². The highest BCUT2D eigenvalue weighted by molar-refractivity contribution is 6.01. The predicted octanol–water partition coefficient (Wildman–Crippen LogP) is 5.03. The molecule has 0 spiro atoms. The molecule has 1 aromatic heterocycles. The summed E-state index contributed by atoms with van der Waals surface area (Å²) in [5.74, 6) is -6.39. The van der Waals surface area contributed by atoms with Crippen molar-refractivity contribution in [2.45, 2.75) is 31.9 Å². The van der Waals surface area contributed by atoms with Gasteiger partial charge in [0.25, 0.3) is 5.91 Å². The van der Waals surface area contributed by atoms with E-state index in [1.54, 1.807) is 77.3 Å². The van der Waals surface area contributed by atoms with E-state index in [0.29, 0.717) is 23.9 Å². The van der Waals surface area contributed by atoms with Crippen molar-refractivity contribution >= 4 is 28.4 Å². The minimum absolute atomic E-state index is 0.293. The van der Waals surface area contributed by atoms with Crippen LogP contribution in [0.1, 0.15) is 25.5 Å². The van der Waals surface area contributed by atoms with Gasteiger partial charge < -0.3 is 10.2 Å². The molecule has 6 nitrogen and oxygen atoms in total. The van der Waals surface area contributed by atoms with Crippen LogP contribution in [-0.2, 0) is 9.59 Å². The average Bonchev–Trinajstić information content (AvgIpc) is 3.38. The van der Waals surface area contributed by atoms with Crippen molar-refractivity contribution in [3.63, 3.8) is 0 Å². The summed E-state index contributed by atoms with van der Waals surface area (Å²) in [4.78, 5) is 27.2. The minimum atomic E-state index is -3.58. The summed E-state index contributed by atoms with van der Waals surface area (Å²) in [5.41, 5.74) is 2.68. The summed E-state index contributed by atoms with van der Waals surface area (Å²) < 4.78 is 42.5. The summed E-state index contributed by atoms with van der Waals surface area (Å²) in [6.07, 6.45) is 1.64. The number of alkyl halides is 2. The normalized spacial score (nSPS) is 20.2. The molecule has 0 aliphatic carbocycles. The third-order valence-electron chi connectivity index (χ3n) is 6.52. The molecule has 1 N–H and O–H groups in total. The molecule has 2 heterocycles. The molecule has 1 aliphatic rings. The lowest BCUT2D eigenvalue weighted by Gasteiger charge is -2.30. The highest BCUT2D eigenvalue weighted by Crippen LogP contribution is 2.41. The first-order chi connectivity index (χ1) is 17.1. The molecule has 3 atom stereocenters. The predicted molar refractivity (Wildman–Crippen MR) is 129 cm³/mol. The SMILES string of the molecule is C[C@@H]1C(=O)N(c2ccc3c(cnn3-c3ccc(F)cc3)c2)[C@H](c2ccccc2)[C@H]1NC(=O)C(C)(F)F. The number of carbonyl (C=O) groups excluding carboxylic acids is 2. The minimum Gasteiger partial charge on any atom is -0.345 e. The van der Waals surface area contributed by atoms with Crippen molar-refractivity contribution in [2.75, 3.05) is 4.90 Å². The quantitative estimate of drug-likeness (QED) is 0.425. The van der Waals surface area contributed by atoms with E-state index in [0.717, 1.165) is 10.9 Å². The molecule has 36 heavy (non-hydrogen) atoms. The Kier molecular flexibility index (Phi) is 5.78. The second-order valence-corrected chi connectivity index (χ2v) is 9.02. The fraction of sp³-hybridized carbons (Fsp3) is 0.222. The van der Waals surface area contributed by atoms with Gasteiger partial charge in [-0.3, -0.25) is 9.59 Å². The van der Waals surface area contributed by atoms with E-state index in [1.165, 1.54) is 12.1 Å². The van der Waals surface area contributed by atoms with E-state index >= 15 is 0 Å². The molecular weight excluding hydrogens is 469 g/mol. The Morgan fingerprint density at radius 3 is 2.33 bits per heavy atom. The van der Waals surface area contributed by atoms with Crippen LogP contribution in [0.5, 0.6) is 0 Å². The smallest absolute Gasteiger partial charge is 0.321 e. The molecule has 184 valence electrons. The highest BCUT2D eigenvalue weighted by Gasteiger charge is 2.49. The van der Waals surface area contributed by atoms with Gasteiger partial charge in [-0.2, -0.15) is 13.9 Å². The number of rotatable bonds is 5. The Morgan fingerprint density at radius 1 is 1.00 bits per heavy atom. The molecule has 1 aliphatic heterocycles. The van der Waals surface area contributed by atoms with E-state index in [4.69, 9.17) is 0 Å². The van der Waals surface area contributed by atoms with Crippen LogP contribution in [0.2, 0.25) is 0 Å². The first-order valence-corrected chi connectivity index (χ1v) is 11.5. The van der Waals surface area contributed by atoms with Crippen LogP contribution in [0.4, 0.5) is 18.9 Å². The van der Waals surface area contributed by atoms with Crippen molar-refractivity contribution in [3.05, 3.63) is 90.4 Å². The van der Waals surface area contributed by atoms with Gasteiger partial charge in [0, 0.05) is 18.0 Å². The lowest BCUT2D eigenvalue weighted by Crippen LogP contribution is -2.48. The Labute approximate surface area is 205 Å². The maximum Gasteiger partial charge on any atom is 0.321 e. The fourth-order valence-electron chi connectivity index (χ4n) is 4.68. The van der Waals surface area contributed by atoms with E-state index in [-0.39, 0.29) is 11.7 Å². The van der Waals surface area contributed by atoms with Crippen LogP contribution < -0.4 is 10.2 Å². The summed E-state index contributed by atoms with van der Waals surface area (Å²) in [5, 5.41) is 7.56. The number of hydrogen-bond donors (Lipinski definition) is 1. The maximum absolute atomic E-state index is 13.7. The van der Waals surface area contributed by atoms with Gasteiger partial charge >= 0.3 is 5.92 Å². The van der Waals surface area contributed by atoms with Crippen LogP contribution in [0.25, 0.3) is 16.6 Å². The lowest BCUT2D eigenvalue weighted by molar-refractivity contribution is -0.144. The summed E-state index contributed by atoms with van der Waals surface area (Å²) >= 11 is 0. The van der Waals surface area contributed by atoms with E-state index in [1.807, 2.05) is 6.07 Å². The zero-order chi connectivity index (χ0) is 25.6. The number of anilines is 1. The third-order valence-corrected chi connectivity index (χ3v) is 6.52. The van der Waals surface area contributed by atoms with Gasteiger partial charge in [-0.25, -0.2) is 9.07 Å². The second kappa shape index (κ2) is 8.82. The van der Waals surface area contributed by atoms with Crippen molar-refractivity contribution in [1.82, 2.24) is 15.1 Å². The largest absolute Gasteiger partial charge is 0.345 e. The van der Waals surface area contributed by atoms with Crippen molar-refractivity contribution < 1.29 is 22.8 Å². The molecule has 0 bridgehead atoms. The van der Waals surface area contributed by atoms with Crippen molar-refractivity contribution in [3.8, 4) is 5.69 Å². The van der Waals surface area contributed by atoms with Crippen LogP contribution in [0.15, 0.2) is 79.0 Å². The Bertz CT molecular complexity index is 1430. The number of nitrogens with zero attached hydrogens (tertiary/aromatic N) is 3. The van der Waals surface area contributed by atoms with Gasteiger partial charge in [-0.05, 0) is 48.0 Å². The van der Waals surface area contributed by atoms with E-state index in [9.17, 15) is 22.8 Å². The van der Waals surface area contributed by atoms with Gasteiger partial charge in [0.1, 0.15) is 5.82 Å². The summed E-state index contributed by atoms with van der Waals surface area (Å²) in [7, 11) is 0. The maximum atomic E-state index is 13.7. The van der Waals surface area contributed by atoms with Gasteiger partial charge in [-0.1, -0.05) is 37.3 Å². The molecule has 3 aromatic carbocycles. The number of amides is 2. The zero-order valence-electron chi connectivity index (χ0n) is 19.5. The molecule has 0 unspecified atom stereocenters. The molecule has 1 fully saturated rings. The van der Waals surface area contributed by atoms with Crippen LogP contribution in [-0.4, -0.2) is 33.6 Å². The Morgan fingerprint density at radius 2 is 1.67 bits per heavy atom. The number of aromatic nitrogens is 2. The topological polar surface area (TPSA) is 67.2 Å². The standard InChI is InChI=1S/C27H23F3N4O2/c1-16-23(32-26(36)27(2,29)30)24(17-6-4-3-5-7-17)33(25(16)35)21-12-13-22-18(14-21)15-31-34(22)20-10-8-19(28)9-11-20/h3-16,23-24H,1-2H3,(H,32,36)/t16-,23-,24+/m0/s1. The Balaban J connectivity index is 1.57. The van der Waals surface area contributed by atoms with Gasteiger partial charge in [0.15, 0.2) is 0 Å². The lowest BCUT2D eigenvalue weighted by atomic mass is 9.94. The van der Waals surface area contributed by atoms with Crippen LogP contribution >= 0.6 is 0 Å². The summed E-state index contributed by atoms with van der Waals surface area (Å²) in [6, 6.07) is 18.7. The monoisotopic (exact) mass is 492 g/mol. The zero-order valence-corrected chi connectivity index (χ0v) is 19.5. The average molecular weight is 493 g/mol. The first-order valence-electron chi connectivity index (χ1n) is 11.5. The molecule has 9 heteroatoms. The molecule has 4 aromatic rings. The first kappa shape index (κ1) is 23.6. The molecule has 1 saturated heterocycles. The van der Waals surface area contributed by atoms with Gasteiger partial charge in [-0.15, -0.1) is 0 Å². The van der Waals surface area contributed by atoms with Crippen molar-refractivity contribution in [2.24, 2.45) is 5.92 Å². The number of nitrogens with one attached hydrogen (secondary N) is 1. The molecule has 0 saturated carbocycles. The number of carbonyl (C=O) groups is 2. The number of halogens is 3. The molecular formula is C27H23F3N4O2. The van der Waals surface area contributed by atoms with E-state index < -0.39 is 29.8 Å². The number of benzene rings is 3. The second-order valence-electron chi connectivity index (χ2n) is 9.02. The van der Waals surface area contributed by atoms with Crippen molar-refractivity contribution in [1.29, 1.82) is 0 Å². The molecule has 2 amide bonds. The third kappa shape index (κ3) is 4.10. The molecule has 5 rings (SSSR count). The van der Waals surface area contributed by atoms with E-state index in [2.05, 4.69) is 10.4 Å². The summed E-state index contributed by atoms with van der Waals surface area (Å²) in [6.45, 7) is 2.16.